The first-order valence-electron chi connectivity index (χ1n) is 7.72. The summed E-state index contributed by atoms with van der Waals surface area (Å²) in [5.41, 5.74) is 8.48. The van der Waals surface area contributed by atoms with E-state index in [9.17, 15) is 10.1 Å². The van der Waals surface area contributed by atoms with Gasteiger partial charge < -0.3 is 15.6 Å². The van der Waals surface area contributed by atoms with E-state index in [0.29, 0.717) is 11.1 Å². The standard InChI is InChI=1S/C17H18N4O/c18-10-13-15(21-7-5-17(3-4-17)6-8-21)12-9-11(19)1-2-14(12)20-16(13)22/h1-2,9H,3-8,19H2,(H,20,22). The fourth-order valence-electron chi connectivity index (χ4n) is 3.61. The van der Waals surface area contributed by atoms with Crippen LogP contribution in [0, 0.1) is 16.7 Å². The predicted octanol–water partition coefficient (Wildman–Crippen LogP) is 2.36. The molecular formula is C17H18N4O. The third kappa shape index (κ3) is 1.95. The van der Waals surface area contributed by atoms with Gasteiger partial charge in [0.2, 0.25) is 0 Å². The molecule has 22 heavy (non-hydrogen) atoms. The zero-order chi connectivity index (χ0) is 15.3. The number of pyridine rings is 1. The minimum atomic E-state index is -0.318. The number of aromatic amines is 1. The molecule has 1 aromatic carbocycles. The molecule has 1 aliphatic carbocycles. The molecule has 2 fully saturated rings. The number of rotatable bonds is 1. The highest BCUT2D eigenvalue weighted by Crippen LogP contribution is 2.54. The number of piperidine rings is 1. The lowest BCUT2D eigenvalue weighted by molar-refractivity contribution is 0.385. The maximum atomic E-state index is 12.2. The van der Waals surface area contributed by atoms with Crippen LogP contribution in [0.4, 0.5) is 11.4 Å². The average Bonchev–Trinajstić information content (AvgIpc) is 3.27. The van der Waals surface area contributed by atoms with Crippen molar-refractivity contribution < 1.29 is 0 Å². The molecule has 1 aromatic heterocycles. The molecule has 1 aliphatic heterocycles. The zero-order valence-electron chi connectivity index (χ0n) is 12.4. The number of anilines is 2. The molecular weight excluding hydrogens is 276 g/mol. The average molecular weight is 294 g/mol. The Hall–Kier alpha value is -2.48. The molecule has 0 amide bonds. The third-order valence-electron chi connectivity index (χ3n) is 5.22. The summed E-state index contributed by atoms with van der Waals surface area (Å²) in [6.07, 6.45) is 4.95. The van der Waals surface area contributed by atoms with Gasteiger partial charge >= 0.3 is 0 Å². The Morgan fingerprint density at radius 3 is 2.59 bits per heavy atom. The Morgan fingerprint density at radius 1 is 1.23 bits per heavy atom. The quantitative estimate of drug-likeness (QED) is 0.791. The van der Waals surface area contributed by atoms with Gasteiger partial charge in [-0.1, -0.05) is 0 Å². The molecule has 2 aliphatic rings. The van der Waals surface area contributed by atoms with Gasteiger partial charge in [0.05, 0.1) is 11.2 Å². The number of hydrogen-bond acceptors (Lipinski definition) is 4. The second-order valence-electron chi connectivity index (χ2n) is 6.58. The van der Waals surface area contributed by atoms with Crippen LogP contribution in [0.1, 0.15) is 31.2 Å². The van der Waals surface area contributed by atoms with E-state index in [-0.39, 0.29) is 11.1 Å². The van der Waals surface area contributed by atoms with Crippen LogP contribution in [-0.2, 0) is 0 Å². The fourth-order valence-corrected chi connectivity index (χ4v) is 3.61. The van der Waals surface area contributed by atoms with Crippen molar-refractivity contribution in [2.45, 2.75) is 25.7 Å². The van der Waals surface area contributed by atoms with Crippen molar-refractivity contribution in [3.8, 4) is 6.07 Å². The zero-order valence-corrected chi connectivity index (χ0v) is 12.4. The van der Waals surface area contributed by atoms with E-state index in [4.69, 9.17) is 5.73 Å². The van der Waals surface area contributed by atoms with Gasteiger partial charge in [0.15, 0.2) is 0 Å². The Kier molecular flexibility index (Phi) is 2.70. The van der Waals surface area contributed by atoms with Crippen molar-refractivity contribution in [1.82, 2.24) is 4.98 Å². The van der Waals surface area contributed by atoms with Gasteiger partial charge in [-0.25, -0.2) is 0 Å². The van der Waals surface area contributed by atoms with Crippen LogP contribution in [0.5, 0.6) is 0 Å². The van der Waals surface area contributed by atoms with Crippen LogP contribution in [0.2, 0.25) is 0 Å². The number of H-pyrrole nitrogens is 1. The summed E-state index contributed by atoms with van der Waals surface area (Å²) in [5.74, 6) is 0. The van der Waals surface area contributed by atoms with Gasteiger partial charge in [0.1, 0.15) is 11.6 Å². The third-order valence-corrected chi connectivity index (χ3v) is 5.22. The molecule has 1 saturated heterocycles. The van der Waals surface area contributed by atoms with Gasteiger partial charge in [-0.05, 0) is 49.3 Å². The normalized spacial score (nSPS) is 19.3. The highest BCUT2D eigenvalue weighted by molar-refractivity contribution is 5.96. The first-order chi connectivity index (χ1) is 10.6. The molecule has 5 nitrogen and oxygen atoms in total. The van der Waals surface area contributed by atoms with Crippen LogP contribution in [0.25, 0.3) is 10.9 Å². The molecule has 5 heteroatoms. The summed E-state index contributed by atoms with van der Waals surface area (Å²) in [6.45, 7) is 1.81. The Labute approximate surface area is 128 Å². The molecule has 2 heterocycles. The van der Waals surface area contributed by atoms with Crippen molar-refractivity contribution in [1.29, 1.82) is 5.26 Å². The number of nitrogens with two attached hydrogens (primary N) is 1. The van der Waals surface area contributed by atoms with Gasteiger partial charge in [-0.3, -0.25) is 4.79 Å². The van der Waals surface area contributed by atoms with Crippen LogP contribution in [0.3, 0.4) is 0 Å². The Bertz CT molecular complexity index is 847. The van der Waals surface area contributed by atoms with Crippen LogP contribution in [0.15, 0.2) is 23.0 Å². The molecule has 2 aromatic rings. The molecule has 3 N–H and O–H groups in total. The lowest BCUT2D eigenvalue weighted by Crippen LogP contribution is -2.36. The molecule has 0 atom stereocenters. The van der Waals surface area contributed by atoms with Crippen molar-refractivity contribution in [2.75, 3.05) is 23.7 Å². The summed E-state index contributed by atoms with van der Waals surface area (Å²) in [6, 6.07) is 7.51. The number of nitrogen functional groups attached to an aromatic ring is 1. The summed E-state index contributed by atoms with van der Waals surface area (Å²) in [4.78, 5) is 17.2. The molecule has 112 valence electrons. The molecule has 1 saturated carbocycles. The monoisotopic (exact) mass is 294 g/mol. The highest BCUT2D eigenvalue weighted by Gasteiger charge is 2.44. The van der Waals surface area contributed by atoms with E-state index in [1.807, 2.05) is 12.1 Å². The van der Waals surface area contributed by atoms with E-state index >= 15 is 0 Å². The van der Waals surface area contributed by atoms with Gasteiger partial charge in [-0.15, -0.1) is 0 Å². The second-order valence-corrected chi connectivity index (χ2v) is 6.58. The SMILES string of the molecule is N#Cc1c(N2CCC3(CC2)CC3)c2cc(N)ccc2[nH]c1=O. The van der Waals surface area contributed by atoms with E-state index in [1.54, 1.807) is 6.07 Å². The van der Waals surface area contributed by atoms with Crippen molar-refractivity contribution in [3.05, 3.63) is 34.1 Å². The van der Waals surface area contributed by atoms with Crippen molar-refractivity contribution in [3.63, 3.8) is 0 Å². The van der Waals surface area contributed by atoms with Crippen molar-refractivity contribution >= 4 is 22.3 Å². The predicted molar refractivity (Wildman–Crippen MR) is 86.8 cm³/mol. The van der Waals surface area contributed by atoms with Crippen LogP contribution < -0.4 is 16.2 Å². The van der Waals surface area contributed by atoms with Gasteiger partial charge in [-0.2, -0.15) is 5.26 Å². The number of nitrogens with one attached hydrogen (secondary N) is 1. The molecule has 0 radical (unpaired) electrons. The first kappa shape index (κ1) is 13.2. The summed E-state index contributed by atoms with van der Waals surface area (Å²) >= 11 is 0. The Balaban J connectivity index is 1.88. The molecule has 4 rings (SSSR count). The highest BCUT2D eigenvalue weighted by atomic mass is 16.1. The van der Waals surface area contributed by atoms with E-state index in [1.165, 1.54) is 12.8 Å². The van der Waals surface area contributed by atoms with E-state index in [2.05, 4.69) is 16.0 Å². The number of aromatic nitrogens is 1. The van der Waals surface area contributed by atoms with Gasteiger partial charge in [0, 0.05) is 24.2 Å². The summed E-state index contributed by atoms with van der Waals surface area (Å²) in [5, 5.41) is 10.3. The number of hydrogen-bond donors (Lipinski definition) is 2. The fraction of sp³-hybridized carbons (Fsp3) is 0.412. The van der Waals surface area contributed by atoms with Gasteiger partial charge in [0.25, 0.3) is 5.56 Å². The minimum Gasteiger partial charge on any atom is -0.399 e. The Morgan fingerprint density at radius 2 is 1.95 bits per heavy atom. The molecule has 0 unspecified atom stereocenters. The summed E-state index contributed by atoms with van der Waals surface area (Å²) in [7, 11) is 0. The second kappa shape index (κ2) is 4.51. The topological polar surface area (TPSA) is 85.9 Å². The lowest BCUT2D eigenvalue weighted by atomic mass is 9.92. The van der Waals surface area contributed by atoms with Crippen LogP contribution >= 0.6 is 0 Å². The van der Waals surface area contributed by atoms with Crippen molar-refractivity contribution in [2.24, 2.45) is 5.41 Å². The number of nitrogens with zero attached hydrogens (tertiary/aromatic N) is 2. The van der Waals surface area contributed by atoms with E-state index < -0.39 is 0 Å². The number of nitriles is 1. The van der Waals surface area contributed by atoms with Crippen LogP contribution in [-0.4, -0.2) is 18.1 Å². The smallest absolute Gasteiger partial charge is 0.268 e. The maximum Gasteiger partial charge on any atom is 0.268 e. The minimum absolute atomic E-state index is 0.199. The van der Waals surface area contributed by atoms with E-state index in [0.717, 1.165) is 42.5 Å². The molecule has 0 bridgehead atoms. The first-order valence-corrected chi connectivity index (χ1v) is 7.72. The summed E-state index contributed by atoms with van der Waals surface area (Å²) < 4.78 is 0. The molecule has 1 spiro atoms. The maximum absolute atomic E-state index is 12.2. The largest absolute Gasteiger partial charge is 0.399 e. The lowest BCUT2D eigenvalue weighted by Gasteiger charge is -2.34. The number of benzene rings is 1. The number of fused-ring (bicyclic) bond motifs is 1.